The summed E-state index contributed by atoms with van der Waals surface area (Å²) in [4.78, 5) is 14.1. The predicted molar refractivity (Wildman–Crippen MR) is 68.4 cm³/mol. The first kappa shape index (κ1) is 13.6. The number of aliphatic hydroxyl groups is 1. The quantitative estimate of drug-likeness (QED) is 0.777. The highest BCUT2D eigenvalue weighted by molar-refractivity contribution is 5.70. The molecule has 2 rings (SSSR count). The van der Waals surface area contributed by atoms with E-state index >= 15 is 0 Å². The molecule has 104 valence electrons. The molecule has 2 aliphatic heterocycles. The standard InChI is InChI=1S/C13H24N2O3/c1-13(2,3)18-12(17)15-9-4-5-11(15)10(6-7-16)14-8-9/h9-11,14,16H,4-8H2,1-3H3/t9-,10-,11+/m0/s1. The number of nitrogens with zero attached hydrogens (tertiary/aromatic N) is 1. The summed E-state index contributed by atoms with van der Waals surface area (Å²) in [5.41, 5.74) is -0.451. The van der Waals surface area contributed by atoms with Crippen LogP contribution in [0.4, 0.5) is 4.79 Å². The van der Waals surface area contributed by atoms with Crippen molar-refractivity contribution < 1.29 is 14.6 Å². The van der Waals surface area contributed by atoms with E-state index < -0.39 is 5.60 Å². The van der Waals surface area contributed by atoms with E-state index in [2.05, 4.69) is 5.32 Å². The van der Waals surface area contributed by atoms with E-state index in [4.69, 9.17) is 9.84 Å². The van der Waals surface area contributed by atoms with E-state index in [1.54, 1.807) is 0 Å². The van der Waals surface area contributed by atoms with Crippen molar-refractivity contribution in [2.45, 2.75) is 63.8 Å². The van der Waals surface area contributed by atoms with Crippen molar-refractivity contribution in [1.82, 2.24) is 10.2 Å². The third-order valence-electron chi connectivity index (χ3n) is 3.67. The highest BCUT2D eigenvalue weighted by Crippen LogP contribution is 2.32. The normalized spacial score (nSPS) is 31.6. The van der Waals surface area contributed by atoms with Gasteiger partial charge in [0.2, 0.25) is 0 Å². The van der Waals surface area contributed by atoms with Crippen LogP contribution in [0.1, 0.15) is 40.0 Å². The van der Waals surface area contributed by atoms with Gasteiger partial charge < -0.3 is 15.2 Å². The van der Waals surface area contributed by atoms with Crippen LogP contribution in [0.25, 0.3) is 0 Å². The van der Waals surface area contributed by atoms with Gasteiger partial charge in [0.15, 0.2) is 0 Å². The summed E-state index contributed by atoms with van der Waals surface area (Å²) in [6.07, 6.45) is 2.51. The lowest BCUT2D eigenvalue weighted by Crippen LogP contribution is -2.60. The van der Waals surface area contributed by atoms with Gasteiger partial charge in [-0.2, -0.15) is 0 Å². The average Bonchev–Trinajstić information content (AvgIpc) is 2.56. The molecule has 1 amide bonds. The fraction of sp³-hybridized carbons (Fsp3) is 0.923. The van der Waals surface area contributed by atoms with Gasteiger partial charge in [0.1, 0.15) is 5.60 Å². The number of carbonyl (C=O) groups excluding carboxylic acids is 1. The molecule has 0 unspecified atom stereocenters. The zero-order chi connectivity index (χ0) is 13.3. The molecule has 18 heavy (non-hydrogen) atoms. The molecule has 5 heteroatoms. The summed E-state index contributed by atoms with van der Waals surface area (Å²) < 4.78 is 5.48. The number of hydrogen-bond acceptors (Lipinski definition) is 4. The van der Waals surface area contributed by atoms with E-state index in [9.17, 15) is 4.79 Å². The summed E-state index contributed by atoms with van der Waals surface area (Å²) in [7, 11) is 0. The van der Waals surface area contributed by atoms with Crippen molar-refractivity contribution in [3.63, 3.8) is 0 Å². The van der Waals surface area contributed by atoms with E-state index in [0.29, 0.717) is 6.42 Å². The van der Waals surface area contributed by atoms with Gasteiger partial charge in [0.05, 0.1) is 6.04 Å². The van der Waals surface area contributed by atoms with Gasteiger partial charge in [0.25, 0.3) is 0 Å². The number of carbonyl (C=O) groups is 1. The molecule has 2 N–H and O–H groups in total. The molecular formula is C13H24N2O3. The predicted octanol–water partition coefficient (Wildman–Crippen LogP) is 1.11. The van der Waals surface area contributed by atoms with Crippen LogP contribution in [-0.2, 0) is 4.74 Å². The molecule has 2 aliphatic rings. The van der Waals surface area contributed by atoms with Gasteiger partial charge in [-0.05, 0) is 40.0 Å². The molecule has 2 fully saturated rings. The number of ether oxygens (including phenoxy) is 1. The molecule has 5 nitrogen and oxygen atoms in total. The molecular weight excluding hydrogens is 232 g/mol. The number of hydrogen-bond donors (Lipinski definition) is 2. The Kier molecular flexibility index (Phi) is 3.82. The van der Waals surface area contributed by atoms with E-state index in [1.807, 2.05) is 25.7 Å². The zero-order valence-electron chi connectivity index (χ0n) is 11.5. The maximum absolute atomic E-state index is 12.2. The SMILES string of the molecule is CC(C)(C)OC(=O)N1[C@H]2CC[C@@H]1[C@H](CCO)NC2. The van der Waals surface area contributed by atoms with E-state index in [0.717, 1.165) is 19.4 Å². The Labute approximate surface area is 108 Å². The molecule has 2 heterocycles. The number of aliphatic hydroxyl groups excluding tert-OH is 1. The Hall–Kier alpha value is -0.810. The summed E-state index contributed by atoms with van der Waals surface area (Å²) in [5.74, 6) is 0. The topological polar surface area (TPSA) is 61.8 Å². The Morgan fingerprint density at radius 2 is 2.17 bits per heavy atom. The number of amides is 1. The van der Waals surface area contributed by atoms with Crippen LogP contribution >= 0.6 is 0 Å². The number of fused-ring (bicyclic) bond motifs is 2. The molecule has 0 radical (unpaired) electrons. The van der Waals surface area contributed by atoms with Gasteiger partial charge in [-0.25, -0.2) is 4.79 Å². The Morgan fingerprint density at radius 3 is 2.78 bits per heavy atom. The van der Waals surface area contributed by atoms with Crippen LogP contribution in [0.5, 0.6) is 0 Å². The third-order valence-corrected chi connectivity index (χ3v) is 3.67. The van der Waals surface area contributed by atoms with E-state index in [1.165, 1.54) is 0 Å². The number of rotatable bonds is 2. The van der Waals surface area contributed by atoms with Crippen molar-refractivity contribution >= 4 is 6.09 Å². The first-order valence-corrected chi connectivity index (χ1v) is 6.78. The molecule has 2 bridgehead atoms. The van der Waals surface area contributed by atoms with Crippen molar-refractivity contribution in [2.75, 3.05) is 13.2 Å². The first-order valence-electron chi connectivity index (χ1n) is 6.78. The minimum atomic E-state index is -0.451. The van der Waals surface area contributed by atoms with Crippen LogP contribution in [0, 0.1) is 0 Å². The van der Waals surface area contributed by atoms with Gasteiger partial charge >= 0.3 is 6.09 Å². The Morgan fingerprint density at radius 1 is 1.44 bits per heavy atom. The van der Waals surface area contributed by atoms with Crippen molar-refractivity contribution in [2.24, 2.45) is 0 Å². The smallest absolute Gasteiger partial charge is 0.410 e. The largest absolute Gasteiger partial charge is 0.444 e. The third kappa shape index (κ3) is 2.78. The molecule has 0 aliphatic carbocycles. The number of nitrogens with one attached hydrogen (secondary N) is 1. The Balaban J connectivity index is 2.05. The molecule has 0 saturated carbocycles. The molecule has 0 spiro atoms. The molecule has 2 saturated heterocycles. The minimum Gasteiger partial charge on any atom is -0.444 e. The lowest BCUT2D eigenvalue weighted by atomic mass is 10.0. The summed E-state index contributed by atoms with van der Waals surface area (Å²) >= 11 is 0. The second-order valence-electron chi connectivity index (χ2n) is 6.21. The second-order valence-corrected chi connectivity index (χ2v) is 6.21. The van der Waals surface area contributed by atoms with Gasteiger partial charge in [-0.3, -0.25) is 4.90 Å². The van der Waals surface area contributed by atoms with Crippen LogP contribution in [0.15, 0.2) is 0 Å². The van der Waals surface area contributed by atoms with Crippen molar-refractivity contribution in [1.29, 1.82) is 0 Å². The highest BCUT2D eigenvalue weighted by atomic mass is 16.6. The summed E-state index contributed by atoms with van der Waals surface area (Å²) in [5, 5.41) is 12.5. The van der Waals surface area contributed by atoms with Gasteiger partial charge in [-0.15, -0.1) is 0 Å². The van der Waals surface area contributed by atoms with Crippen LogP contribution in [0.3, 0.4) is 0 Å². The second kappa shape index (κ2) is 5.05. The van der Waals surface area contributed by atoms with Crippen LogP contribution < -0.4 is 5.32 Å². The lowest BCUT2D eigenvalue weighted by Gasteiger charge is -2.41. The molecule has 0 aromatic rings. The molecule has 3 atom stereocenters. The summed E-state index contributed by atoms with van der Waals surface area (Å²) in [6, 6.07) is 0.617. The van der Waals surface area contributed by atoms with E-state index in [-0.39, 0.29) is 30.8 Å². The average molecular weight is 256 g/mol. The lowest BCUT2D eigenvalue weighted by molar-refractivity contribution is 0.00267. The molecule has 0 aromatic heterocycles. The first-order chi connectivity index (χ1) is 8.42. The maximum Gasteiger partial charge on any atom is 0.410 e. The fourth-order valence-electron chi connectivity index (χ4n) is 2.96. The van der Waals surface area contributed by atoms with Gasteiger partial charge in [-0.1, -0.05) is 0 Å². The van der Waals surface area contributed by atoms with Crippen LogP contribution in [0.2, 0.25) is 0 Å². The Bertz CT molecular complexity index is 314. The van der Waals surface area contributed by atoms with Crippen molar-refractivity contribution in [3.05, 3.63) is 0 Å². The van der Waals surface area contributed by atoms with Crippen LogP contribution in [-0.4, -0.2) is 53.0 Å². The monoisotopic (exact) mass is 256 g/mol. The van der Waals surface area contributed by atoms with Crippen molar-refractivity contribution in [3.8, 4) is 0 Å². The highest BCUT2D eigenvalue weighted by Gasteiger charge is 2.45. The minimum absolute atomic E-state index is 0.154. The maximum atomic E-state index is 12.2. The van der Waals surface area contributed by atoms with Gasteiger partial charge in [0, 0.05) is 25.2 Å². The zero-order valence-corrected chi connectivity index (χ0v) is 11.5. The fourth-order valence-corrected chi connectivity index (χ4v) is 2.96. The molecule has 0 aromatic carbocycles. The number of piperazine rings is 1. The summed E-state index contributed by atoms with van der Waals surface area (Å²) in [6.45, 7) is 6.63.